The largest absolute Gasteiger partial charge is 0.454 e. The van der Waals surface area contributed by atoms with Crippen molar-refractivity contribution >= 4 is 5.82 Å². The Labute approximate surface area is 161 Å². The normalized spacial score (nSPS) is 21.1. The minimum absolute atomic E-state index is 0.0615. The summed E-state index contributed by atoms with van der Waals surface area (Å²) in [5.74, 6) is 3.44. The van der Waals surface area contributed by atoms with E-state index in [-0.39, 0.29) is 12.7 Å². The van der Waals surface area contributed by atoms with Crippen molar-refractivity contribution in [3.8, 4) is 23.0 Å². The van der Waals surface area contributed by atoms with Gasteiger partial charge in [-0.1, -0.05) is 11.2 Å². The first-order valence-corrected chi connectivity index (χ1v) is 9.27. The molecule has 2 atom stereocenters. The number of benzene rings is 1. The predicted octanol–water partition coefficient (Wildman–Crippen LogP) is 2.52. The predicted molar refractivity (Wildman–Crippen MR) is 100 cm³/mol. The van der Waals surface area contributed by atoms with Crippen LogP contribution in [0.4, 0.5) is 5.82 Å². The second-order valence-corrected chi connectivity index (χ2v) is 7.07. The number of aliphatic hydroxyl groups is 1. The van der Waals surface area contributed by atoms with Crippen LogP contribution < -0.4 is 14.4 Å². The van der Waals surface area contributed by atoms with Crippen molar-refractivity contribution in [3.63, 3.8) is 0 Å². The first-order valence-electron chi connectivity index (χ1n) is 9.27. The summed E-state index contributed by atoms with van der Waals surface area (Å²) in [7, 11) is 0. The summed E-state index contributed by atoms with van der Waals surface area (Å²) < 4.78 is 16.0. The molecule has 28 heavy (non-hydrogen) atoms. The van der Waals surface area contributed by atoms with Crippen molar-refractivity contribution in [2.45, 2.75) is 25.4 Å². The van der Waals surface area contributed by atoms with Crippen molar-refractivity contribution in [2.24, 2.45) is 0 Å². The molecule has 0 spiro atoms. The van der Waals surface area contributed by atoms with Crippen molar-refractivity contribution < 1.29 is 19.1 Å². The molecule has 1 saturated heterocycles. The van der Waals surface area contributed by atoms with E-state index in [0.717, 1.165) is 41.4 Å². The number of anilines is 1. The van der Waals surface area contributed by atoms with Gasteiger partial charge in [-0.3, -0.25) is 0 Å². The van der Waals surface area contributed by atoms with Crippen molar-refractivity contribution in [3.05, 3.63) is 47.9 Å². The van der Waals surface area contributed by atoms with E-state index in [1.807, 2.05) is 30.3 Å². The summed E-state index contributed by atoms with van der Waals surface area (Å²) in [6, 6.07) is 9.73. The fourth-order valence-electron chi connectivity index (χ4n) is 3.79. The molecule has 0 bridgehead atoms. The van der Waals surface area contributed by atoms with Gasteiger partial charge in [-0.15, -0.1) is 0 Å². The van der Waals surface area contributed by atoms with E-state index in [0.29, 0.717) is 18.3 Å². The van der Waals surface area contributed by atoms with Crippen molar-refractivity contribution in [1.29, 1.82) is 0 Å². The number of nitrogens with zero attached hydrogens (tertiary/aromatic N) is 4. The van der Waals surface area contributed by atoms with Gasteiger partial charge in [0, 0.05) is 25.2 Å². The van der Waals surface area contributed by atoms with Crippen LogP contribution in [-0.2, 0) is 0 Å². The number of hydrogen-bond acceptors (Lipinski definition) is 8. The van der Waals surface area contributed by atoms with Crippen LogP contribution in [0, 0.1) is 6.92 Å². The molecule has 0 saturated carbocycles. The van der Waals surface area contributed by atoms with Crippen molar-refractivity contribution in [2.75, 3.05) is 24.8 Å². The highest BCUT2D eigenvalue weighted by atomic mass is 16.7. The minimum Gasteiger partial charge on any atom is -0.454 e. The Balaban J connectivity index is 1.29. The van der Waals surface area contributed by atoms with Crippen LogP contribution in [0.25, 0.3) is 11.5 Å². The maximum absolute atomic E-state index is 10.8. The fraction of sp³-hybridized carbons (Fsp3) is 0.350. The minimum atomic E-state index is -0.491. The maximum Gasteiger partial charge on any atom is 0.259 e. The zero-order valence-corrected chi connectivity index (χ0v) is 15.4. The molecule has 4 heterocycles. The van der Waals surface area contributed by atoms with Gasteiger partial charge in [-0.05, 0) is 43.2 Å². The van der Waals surface area contributed by atoms with Gasteiger partial charge in [0.15, 0.2) is 17.3 Å². The van der Waals surface area contributed by atoms with Gasteiger partial charge in [-0.25, -0.2) is 4.98 Å². The highest BCUT2D eigenvalue weighted by Gasteiger charge is 2.30. The lowest BCUT2D eigenvalue weighted by Crippen LogP contribution is -2.43. The van der Waals surface area contributed by atoms with Gasteiger partial charge < -0.3 is 24.0 Å². The van der Waals surface area contributed by atoms with Crippen LogP contribution in [-0.4, -0.2) is 46.2 Å². The Morgan fingerprint density at radius 1 is 1.14 bits per heavy atom. The smallest absolute Gasteiger partial charge is 0.259 e. The van der Waals surface area contributed by atoms with Crippen LogP contribution in [0.2, 0.25) is 0 Å². The van der Waals surface area contributed by atoms with E-state index in [1.165, 1.54) is 0 Å². The molecule has 3 aromatic rings. The zero-order chi connectivity index (χ0) is 19.1. The molecule has 0 unspecified atom stereocenters. The number of rotatable bonds is 3. The Bertz CT molecular complexity index is 988. The second-order valence-electron chi connectivity index (χ2n) is 7.07. The van der Waals surface area contributed by atoms with Crippen LogP contribution in [0.3, 0.4) is 0 Å². The Kier molecular flexibility index (Phi) is 4.12. The van der Waals surface area contributed by atoms with Gasteiger partial charge in [0.1, 0.15) is 5.82 Å². The summed E-state index contributed by atoms with van der Waals surface area (Å²) in [5.41, 5.74) is 1.85. The zero-order valence-electron chi connectivity index (χ0n) is 15.4. The van der Waals surface area contributed by atoms with Crippen LogP contribution in [0.1, 0.15) is 23.7 Å². The molecule has 5 rings (SSSR count). The molecule has 2 aliphatic rings. The lowest BCUT2D eigenvalue weighted by molar-refractivity contribution is 0.129. The van der Waals surface area contributed by atoms with Crippen LogP contribution in [0.15, 0.2) is 41.1 Å². The molecule has 8 heteroatoms. The van der Waals surface area contributed by atoms with E-state index >= 15 is 0 Å². The van der Waals surface area contributed by atoms with Gasteiger partial charge >= 0.3 is 0 Å². The topological polar surface area (TPSA) is 93.7 Å². The Hall–Kier alpha value is -3.13. The van der Waals surface area contributed by atoms with E-state index in [4.69, 9.17) is 14.0 Å². The molecular formula is C20H20N4O4. The first-order chi connectivity index (χ1) is 13.7. The lowest BCUT2D eigenvalue weighted by Gasteiger charge is -2.37. The number of pyridine rings is 1. The second kappa shape index (κ2) is 6.79. The lowest BCUT2D eigenvalue weighted by atomic mass is 9.87. The number of β-amino-alcohol motifs (C(OH)–C–C–N with tert-alkyl or cyclic N) is 1. The standard InChI is InChI=1S/C20H20N4O4/c1-12-22-20(28-23-12)14-3-5-19(21-9-14)24-7-6-15(16(25)10-24)13-2-4-17-18(8-13)27-11-26-17/h2-5,8-9,15-16,25H,6-7,10-11H2,1H3/t15-,16+/m0/s1. The molecule has 2 aliphatic heterocycles. The Morgan fingerprint density at radius 3 is 2.79 bits per heavy atom. The third-order valence-corrected chi connectivity index (χ3v) is 5.25. The molecule has 8 nitrogen and oxygen atoms in total. The third kappa shape index (κ3) is 3.05. The SMILES string of the molecule is Cc1noc(-c2ccc(N3CC[C@@H](c4ccc5c(c4)OCO5)[C@H](O)C3)nc2)n1. The van der Waals surface area contributed by atoms with Crippen molar-refractivity contribution in [1.82, 2.24) is 15.1 Å². The van der Waals surface area contributed by atoms with E-state index in [2.05, 4.69) is 20.0 Å². The van der Waals surface area contributed by atoms with E-state index < -0.39 is 6.10 Å². The number of aryl methyl sites for hydroxylation is 1. The molecule has 2 aromatic heterocycles. The van der Waals surface area contributed by atoms with E-state index in [9.17, 15) is 5.11 Å². The van der Waals surface area contributed by atoms with Gasteiger partial charge in [0.2, 0.25) is 6.79 Å². The van der Waals surface area contributed by atoms with Crippen LogP contribution in [0.5, 0.6) is 11.5 Å². The molecule has 0 aliphatic carbocycles. The van der Waals surface area contributed by atoms with Gasteiger partial charge in [-0.2, -0.15) is 4.98 Å². The Morgan fingerprint density at radius 2 is 2.04 bits per heavy atom. The number of aromatic nitrogens is 3. The molecule has 1 fully saturated rings. The average molecular weight is 380 g/mol. The number of piperidine rings is 1. The summed E-state index contributed by atoms with van der Waals surface area (Å²) in [6.07, 6.45) is 2.06. The number of ether oxygens (including phenoxy) is 2. The summed E-state index contributed by atoms with van der Waals surface area (Å²) in [4.78, 5) is 10.8. The quantitative estimate of drug-likeness (QED) is 0.741. The third-order valence-electron chi connectivity index (χ3n) is 5.25. The first kappa shape index (κ1) is 17.0. The molecule has 0 radical (unpaired) electrons. The summed E-state index contributed by atoms with van der Waals surface area (Å²) in [6.45, 7) is 3.36. The number of hydrogen-bond donors (Lipinski definition) is 1. The molecule has 1 N–H and O–H groups in total. The highest BCUT2D eigenvalue weighted by molar-refractivity contribution is 5.55. The molecule has 0 amide bonds. The summed E-state index contributed by atoms with van der Waals surface area (Å²) in [5, 5.41) is 14.6. The van der Waals surface area contributed by atoms with Crippen LogP contribution >= 0.6 is 0 Å². The average Bonchev–Trinajstić information content (AvgIpc) is 3.36. The molecule has 144 valence electrons. The molecular weight excluding hydrogens is 360 g/mol. The maximum atomic E-state index is 10.8. The monoisotopic (exact) mass is 380 g/mol. The highest BCUT2D eigenvalue weighted by Crippen LogP contribution is 2.38. The van der Waals surface area contributed by atoms with Gasteiger partial charge in [0.05, 0.1) is 11.7 Å². The number of fused-ring (bicyclic) bond motifs is 1. The fourth-order valence-corrected chi connectivity index (χ4v) is 3.79. The van der Waals surface area contributed by atoms with E-state index in [1.54, 1.807) is 13.1 Å². The van der Waals surface area contributed by atoms with Gasteiger partial charge in [0.25, 0.3) is 5.89 Å². The number of aliphatic hydroxyl groups excluding tert-OH is 1. The summed E-state index contributed by atoms with van der Waals surface area (Å²) >= 11 is 0. The molecule has 1 aromatic carbocycles.